The summed E-state index contributed by atoms with van der Waals surface area (Å²) in [6.07, 6.45) is 4.28. The Hall–Kier alpha value is -2.63. The number of rotatable bonds is 2. The lowest BCUT2D eigenvalue weighted by atomic mass is 9.77. The fraction of sp³-hybridized carbons (Fsp3) is 0.542. The molecule has 1 aliphatic heterocycles. The van der Waals surface area contributed by atoms with Crippen LogP contribution in [0.2, 0.25) is 0 Å². The van der Waals surface area contributed by atoms with Crippen molar-refractivity contribution in [1.82, 2.24) is 9.88 Å². The van der Waals surface area contributed by atoms with Crippen molar-refractivity contribution in [3.63, 3.8) is 0 Å². The molecule has 2 fully saturated rings. The molecule has 1 amide bonds. The molecule has 4 rings (SSSR count). The first-order chi connectivity index (χ1) is 14.2. The SMILES string of the molecule is CC(C)(C)OC(=O)N1CCC2(CCC(OC(=O)c3ccc4ccccc4n3)C2)CC1. The Morgan fingerprint density at radius 1 is 1.07 bits per heavy atom. The van der Waals surface area contributed by atoms with Crippen molar-refractivity contribution in [2.24, 2.45) is 5.41 Å². The van der Waals surface area contributed by atoms with Gasteiger partial charge in [0.25, 0.3) is 0 Å². The van der Waals surface area contributed by atoms with Gasteiger partial charge in [-0.3, -0.25) is 0 Å². The maximum absolute atomic E-state index is 12.6. The third-order valence-electron chi connectivity index (χ3n) is 6.21. The predicted molar refractivity (Wildman–Crippen MR) is 114 cm³/mol. The highest BCUT2D eigenvalue weighted by Gasteiger charge is 2.44. The number of aromatic nitrogens is 1. The first-order valence-electron chi connectivity index (χ1n) is 10.8. The Balaban J connectivity index is 1.32. The number of carbonyl (C=O) groups is 2. The molecule has 2 aromatic rings. The Morgan fingerprint density at radius 2 is 1.80 bits per heavy atom. The van der Waals surface area contributed by atoms with Crippen molar-refractivity contribution in [3.8, 4) is 0 Å². The van der Waals surface area contributed by atoms with E-state index in [4.69, 9.17) is 9.47 Å². The molecular weight excluding hydrogens is 380 g/mol. The fourth-order valence-corrected chi connectivity index (χ4v) is 4.59. The summed E-state index contributed by atoms with van der Waals surface area (Å²) in [6.45, 7) is 7.05. The number of esters is 1. The van der Waals surface area contributed by atoms with E-state index < -0.39 is 5.60 Å². The van der Waals surface area contributed by atoms with Gasteiger partial charge in [-0.2, -0.15) is 0 Å². The van der Waals surface area contributed by atoms with Crippen molar-refractivity contribution in [1.29, 1.82) is 0 Å². The molecule has 6 nitrogen and oxygen atoms in total. The number of piperidine rings is 1. The summed E-state index contributed by atoms with van der Waals surface area (Å²) in [6, 6.07) is 11.4. The van der Waals surface area contributed by atoms with Gasteiger partial charge in [-0.25, -0.2) is 14.6 Å². The Bertz CT molecular complexity index is 942. The number of carbonyl (C=O) groups excluding carboxylic acids is 2. The average molecular weight is 411 g/mol. The second-order valence-corrected chi connectivity index (χ2v) is 9.63. The third kappa shape index (κ3) is 4.58. The van der Waals surface area contributed by atoms with E-state index >= 15 is 0 Å². The highest BCUT2D eigenvalue weighted by Crippen LogP contribution is 2.47. The van der Waals surface area contributed by atoms with Crippen LogP contribution in [0, 0.1) is 5.41 Å². The summed E-state index contributed by atoms with van der Waals surface area (Å²) in [5.74, 6) is -0.353. The first kappa shape index (κ1) is 20.6. The lowest BCUT2D eigenvalue weighted by molar-refractivity contribution is 0.00698. The number of likely N-dealkylation sites (tertiary alicyclic amines) is 1. The average Bonchev–Trinajstić information content (AvgIpc) is 3.08. The van der Waals surface area contributed by atoms with Gasteiger partial charge in [-0.05, 0) is 70.4 Å². The van der Waals surface area contributed by atoms with Gasteiger partial charge in [0, 0.05) is 18.5 Å². The van der Waals surface area contributed by atoms with Gasteiger partial charge in [0.15, 0.2) is 0 Å². The Kier molecular flexibility index (Phi) is 5.43. The van der Waals surface area contributed by atoms with Gasteiger partial charge < -0.3 is 14.4 Å². The lowest BCUT2D eigenvalue weighted by Crippen LogP contribution is -2.44. The molecule has 2 heterocycles. The molecule has 30 heavy (non-hydrogen) atoms. The van der Waals surface area contributed by atoms with Gasteiger partial charge in [-0.15, -0.1) is 0 Å². The number of amides is 1. The molecule has 1 atom stereocenters. The number of benzene rings is 1. The van der Waals surface area contributed by atoms with Gasteiger partial charge in [0.1, 0.15) is 17.4 Å². The smallest absolute Gasteiger partial charge is 0.410 e. The largest absolute Gasteiger partial charge is 0.458 e. The number of ether oxygens (including phenoxy) is 2. The molecule has 1 saturated carbocycles. The monoisotopic (exact) mass is 410 g/mol. The molecule has 1 saturated heterocycles. The van der Waals surface area contributed by atoms with Crippen molar-refractivity contribution < 1.29 is 19.1 Å². The minimum atomic E-state index is -0.477. The minimum absolute atomic E-state index is 0.0844. The fourth-order valence-electron chi connectivity index (χ4n) is 4.59. The van der Waals surface area contributed by atoms with Gasteiger partial charge in [0.2, 0.25) is 0 Å². The van der Waals surface area contributed by atoms with Crippen LogP contribution in [0.15, 0.2) is 36.4 Å². The minimum Gasteiger partial charge on any atom is -0.458 e. The van der Waals surface area contributed by atoms with Crippen LogP contribution in [0.4, 0.5) is 4.79 Å². The van der Waals surface area contributed by atoms with Crippen LogP contribution in [0.5, 0.6) is 0 Å². The molecule has 0 radical (unpaired) electrons. The summed E-state index contributed by atoms with van der Waals surface area (Å²) in [4.78, 5) is 31.2. The zero-order valence-corrected chi connectivity index (χ0v) is 18.0. The van der Waals surface area contributed by atoms with E-state index in [0.29, 0.717) is 18.8 Å². The number of fused-ring (bicyclic) bond motifs is 1. The quantitative estimate of drug-likeness (QED) is 0.655. The molecule has 1 spiro atoms. The van der Waals surface area contributed by atoms with E-state index in [9.17, 15) is 9.59 Å². The van der Waals surface area contributed by atoms with Crippen LogP contribution in [0.3, 0.4) is 0 Å². The lowest BCUT2D eigenvalue weighted by Gasteiger charge is -2.39. The summed E-state index contributed by atoms with van der Waals surface area (Å²) < 4.78 is 11.3. The Labute approximate surface area is 177 Å². The maximum Gasteiger partial charge on any atom is 0.410 e. The molecule has 1 unspecified atom stereocenters. The number of hydrogen-bond donors (Lipinski definition) is 0. The van der Waals surface area contributed by atoms with Crippen LogP contribution >= 0.6 is 0 Å². The molecule has 0 N–H and O–H groups in total. The Morgan fingerprint density at radius 3 is 2.53 bits per heavy atom. The molecule has 160 valence electrons. The highest BCUT2D eigenvalue weighted by atomic mass is 16.6. The molecular formula is C24H30N2O4. The van der Waals surface area contributed by atoms with Gasteiger partial charge in [-0.1, -0.05) is 24.3 Å². The second kappa shape index (κ2) is 7.89. The first-order valence-corrected chi connectivity index (χ1v) is 10.8. The van der Waals surface area contributed by atoms with Crippen LogP contribution < -0.4 is 0 Å². The maximum atomic E-state index is 12.6. The second-order valence-electron chi connectivity index (χ2n) is 9.63. The topological polar surface area (TPSA) is 68.7 Å². The van der Waals surface area contributed by atoms with E-state index in [1.165, 1.54) is 0 Å². The van der Waals surface area contributed by atoms with Crippen molar-refractivity contribution in [3.05, 3.63) is 42.1 Å². The normalized spacial score (nSPS) is 21.0. The van der Waals surface area contributed by atoms with E-state index in [2.05, 4.69) is 4.98 Å². The number of pyridine rings is 1. The van der Waals surface area contributed by atoms with Gasteiger partial charge in [0.05, 0.1) is 5.52 Å². The standard InChI is InChI=1S/C24H30N2O4/c1-23(2,3)30-22(28)26-14-12-24(13-15-26)11-10-18(16-24)29-21(27)20-9-8-17-6-4-5-7-19(17)25-20/h4-9,18H,10-16H2,1-3H3. The summed E-state index contributed by atoms with van der Waals surface area (Å²) in [7, 11) is 0. The molecule has 6 heteroatoms. The van der Waals surface area contributed by atoms with E-state index in [1.54, 1.807) is 11.0 Å². The number of nitrogens with zero attached hydrogens (tertiary/aromatic N) is 2. The third-order valence-corrected chi connectivity index (χ3v) is 6.21. The van der Waals surface area contributed by atoms with Crippen molar-refractivity contribution in [2.75, 3.05) is 13.1 Å². The van der Waals surface area contributed by atoms with Crippen LogP contribution in [0.1, 0.15) is 63.4 Å². The predicted octanol–water partition coefficient (Wildman–Crippen LogP) is 4.96. The highest BCUT2D eigenvalue weighted by molar-refractivity contribution is 5.91. The molecule has 1 aromatic heterocycles. The van der Waals surface area contributed by atoms with E-state index in [1.807, 2.05) is 51.1 Å². The van der Waals surface area contributed by atoms with Crippen molar-refractivity contribution in [2.45, 2.75) is 64.6 Å². The zero-order chi connectivity index (χ0) is 21.4. The van der Waals surface area contributed by atoms with Crippen LogP contribution in [0.25, 0.3) is 10.9 Å². The van der Waals surface area contributed by atoms with Crippen LogP contribution in [-0.4, -0.2) is 46.7 Å². The molecule has 1 aliphatic carbocycles. The summed E-state index contributed by atoms with van der Waals surface area (Å²) >= 11 is 0. The van der Waals surface area contributed by atoms with Gasteiger partial charge >= 0.3 is 12.1 Å². The van der Waals surface area contributed by atoms with Crippen LogP contribution in [-0.2, 0) is 9.47 Å². The number of para-hydroxylation sites is 1. The molecule has 2 aliphatic rings. The van der Waals surface area contributed by atoms with E-state index in [0.717, 1.165) is 43.0 Å². The number of hydrogen-bond acceptors (Lipinski definition) is 5. The molecule has 0 bridgehead atoms. The summed E-state index contributed by atoms with van der Waals surface area (Å²) in [5.41, 5.74) is 0.828. The van der Waals surface area contributed by atoms with E-state index in [-0.39, 0.29) is 23.6 Å². The zero-order valence-electron chi connectivity index (χ0n) is 18.0. The van der Waals surface area contributed by atoms with Crippen molar-refractivity contribution >= 4 is 23.0 Å². The summed E-state index contributed by atoms with van der Waals surface area (Å²) in [5, 5.41) is 1.01. The molecule has 1 aromatic carbocycles.